The fourth-order valence-electron chi connectivity index (χ4n) is 4.44. The molecule has 3 aromatic rings. The molecule has 0 aromatic heterocycles. The molecule has 2 amide bonds. The number of carbonyl (C=O) groups is 2. The van der Waals surface area contributed by atoms with Gasteiger partial charge in [-0.25, -0.2) is 12.8 Å². The minimum Gasteiger partial charge on any atom is -0.486 e. The Morgan fingerprint density at radius 1 is 0.951 bits per heavy atom. The molecule has 1 atom stereocenters. The second-order valence-electron chi connectivity index (χ2n) is 10.1. The number of ether oxygens (including phenoxy) is 2. The van der Waals surface area contributed by atoms with Crippen LogP contribution in [0.3, 0.4) is 0 Å². The second kappa shape index (κ2) is 12.6. The number of nitrogens with zero attached hydrogens (tertiary/aromatic N) is 2. The molecule has 41 heavy (non-hydrogen) atoms. The summed E-state index contributed by atoms with van der Waals surface area (Å²) in [5.74, 6) is -0.860. The Kier molecular flexibility index (Phi) is 9.17. The van der Waals surface area contributed by atoms with Crippen molar-refractivity contribution in [1.82, 2.24) is 10.2 Å². The second-order valence-corrected chi connectivity index (χ2v) is 12.0. The summed E-state index contributed by atoms with van der Waals surface area (Å²) in [7, 11) is -4.35. The molecule has 0 spiro atoms. The fourth-order valence-corrected chi connectivity index (χ4v) is 5.87. The van der Waals surface area contributed by atoms with E-state index in [2.05, 4.69) is 5.32 Å². The van der Waals surface area contributed by atoms with Crippen molar-refractivity contribution in [2.24, 2.45) is 0 Å². The van der Waals surface area contributed by atoms with Gasteiger partial charge in [0.15, 0.2) is 11.5 Å². The van der Waals surface area contributed by atoms with Gasteiger partial charge in [0, 0.05) is 18.7 Å². The molecule has 0 unspecified atom stereocenters. The fraction of sp³-hybridized carbons (Fsp3) is 0.333. The maximum Gasteiger partial charge on any atom is 0.264 e. The predicted octanol–water partition coefficient (Wildman–Crippen LogP) is 4.04. The number of hydrogen-bond acceptors (Lipinski definition) is 6. The van der Waals surface area contributed by atoms with Crippen molar-refractivity contribution in [3.05, 3.63) is 83.7 Å². The van der Waals surface area contributed by atoms with E-state index in [0.717, 1.165) is 27.6 Å². The van der Waals surface area contributed by atoms with Crippen LogP contribution in [0.4, 0.5) is 10.1 Å². The summed E-state index contributed by atoms with van der Waals surface area (Å²) in [4.78, 5) is 28.2. The molecule has 218 valence electrons. The lowest BCUT2D eigenvalue weighted by Gasteiger charge is -2.32. The molecule has 0 aliphatic carbocycles. The van der Waals surface area contributed by atoms with Crippen LogP contribution < -0.4 is 19.1 Å². The average Bonchev–Trinajstić information content (AvgIpc) is 2.94. The third-order valence-corrected chi connectivity index (χ3v) is 8.30. The van der Waals surface area contributed by atoms with Crippen LogP contribution in [0.5, 0.6) is 11.5 Å². The summed E-state index contributed by atoms with van der Waals surface area (Å²) in [5.41, 5.74) is 1.85. The zero-order valence-electron chi connectivity index (χ0n) is 23.5. The van der Waals surface area contributed by atoms with Crippen LogP contribution >= 0.6 is 0 Å². The number of fused-ring (bicyclic) bond motifs is 1. The molecule has 0 bridgehead atoms. The number of carbonyl (C=O) groups excluding carboxylic acids is 2. The highest BCUT2D eigenvalue weighted by Gasteiger charge is 2.33. The summed E-state index contributed by atoms with van der Waals surface area (Å²) >= 11 is 0. The first-order chi connectivity index (χ1) is 19.5. The SMILES string of the molecule is Cc1cccc(CN(C(=O)CN(c2ccc(F)cc2)S(=O)(=O)c2ccc3c(c2)OCCO3)[C@@H](C)C(=O)NC(C)C)c1. The van der Waals surface area contributed by atoms with E-state index in [0.29, 0.717) is 12.4 Å². The van der Waals surface area contributed by atoms with E-state index in [1.807, 2.05) is 45.0 Å². The molecular formula is C30H34FN3O6S. The normalized spacial score (nSPS) is 13.4. The third kappa shape index (κ3) is 7.15. The molecule has 1 heterocycles. The molecule has 4 rings (SSSR count). The zero-order valence-corrected chi connectivity index (χ0v) is 24.3. The maximum absolute atomic E-state index is 14.0. The number of anilines is 1. The van der Waals surface area contributed by atoms with Crippen LogP contribution in [0.1, 0.15) is 31.9 Å². The number of amides is 2. The maximum atomic E-state index is 14.0. The Labute approximate surface area is 239 Å². The lowest BCUT2D eigenvalue weighted by Crippen LogP contribution is -2.52. The van der Waals surface area contributed by atoms with Crippen LogP contribution in [-0.4, -0.2) is 57.0 Å². The highest BCUT2D eigenvalue weighted by molar-refractivity contribution is 7.92. The quantitative estimate of drug-likeness (QED) is 0.386. The van der Waals surface area contributed by atoms with Crippen LogP contribution in [-0.2, 0) is 26.2 Å². The number of rotatable bonds is 10. The minimum absolute atomic E-state index is 0.0779. The summed E-state index contributed by atoms with van der Waals surface area (Å²) < 4.78 is 53.8. The Morgan fingerprint density at radius 2 is 1.63 bits per heavy atom. The van der Waals surface area contributed by atoms with Gasteiger partial charge in [-0.3, -0.25) is 13.9 Å². The van der Waals surface area contributed by atoms with Gasteiger partial charge in [0.2, 0.25) is 11.8 Å². The van der Waals surface area contributed by atoms with Gasteiger partial charge in [-0.15, -0.1) is 0 Å². The number of benzene rings is 3. The van der Waals surface area contributed by atoms with Crippen LogP contribution in [0, 0.1) is 12.7 Å². The molecule has 1 aliphatic rings. The van der Waals surface area contributed by atoms with Gasteiger partial charge in [0.25, 0.3) is 10.0 Å². The lowest BCUT2D eigenvalue weighted by molar-refractivity contribution is -0.139. The van der Waals surface area contributed by atoms with E-state index in [1.165, 1.54) is 35.2 Å². The van der Waals surface area contributed by atoms with E-state index in [1.54, 1.807) is 6.92 Å². The van der Waals surface area contributed by atoms with Crippen molar-refractivity contribution in [2.45, 2.75) is 51.2 Å². The Bertz CT molecular complexity index is 1510. The van der Waals surface area contributed by atoms with Crippen molar-refractivity contribution in [1.29, 1.82) is 0 Å². The van der Waals surface area contributed by atoms with Crippen molar-refractivity contribution < 1.29 is 31.9 Å². The van der Waals surface area contributed by atoms with E-state index in [-0.39, 0.29) is 41.4 Å². The molecule has 11 heteroatoms. The Balaban J connectivity index is 1.72. The largest absolute Gasteiger partial charge is 0.486 e. The predicted molar refractivity (Wildman–Crippen MR) is 153 cm³/mol. The van der Waals surface area contributed by atoms with E-state index < -0.39 is 34.3 Å². The van der Waals surface area contributed by atoms with Gasteiger partial charge in [0.1, 0.15) is 31.6 Å². The number of sulfonamides is 1. The molecule has 1 aliphatic heterocycles. The topological polar surface area (TPSA) is 105 Å². The highest BCUT2D eigenvalue weighted by atomic mass is 32.2. The smallest absolute Gasteiger partial charge is 0.264 e. The highest BCUT2D eigenvalue weighted by Crippen LogP contribution is 2.34. The van der Waals surface area contributed by atoms with Gasteiger partial charge in [0.05, 0.1) is 10.6 Å². The molecular weight excluding hydrogens is 549 g/mol. The van der Waals surface area contributed by atoms with Crippen molar-refractivity contribution in [3.8, 4) is 11.5 Å². The molecule has 3 aromatic carbocycles. The average molecular weight is 584 g/mol. The summed E-state index contributed by atoms with van der Waals surface area (Å²) in [6, 6.07) is 15.5. The lowest BCUT2D eigenvalue weighted by atomic mass is 10.1. The first-order valence-electron chi connectivity index (χ1n) is 13.3. The van der Waals surface area contributed by atoms with Crippen molar-refractivity contribution in [3.63, 3.8) is 0 Å². The van der Waals surface area contributed by atoms with Gasteiger partial charge in [-0.05, 0) is 69.7 Å². The third-order valence-electron chi connectivity index (χ3n) is 6.53. The van der Waals surface area contributed by atoms with E-state index in [4.69, 9.17) is 9.47 Å². The molecule has 9 nitrogen and oxygen atoms in total. The first-order valence-corrected chi connectivity index (χ1v) is 14.7. The van der Waals surface area contributed by atoms with Gasteiger partial charge >= 0.3 is 0 Å². The molecule has 1 N–H and O–H groups in total. The first kappa shape index (κ1) is 29.9. The van der Waals surface area contributed by atoms with E-state index in [9.17, 15) is 22.4 Å². The molecule has 0 saturated carbocycles. The van der Waals surface area contributed by atoms with Gasteiger partial charge in [-0.1, -0.05) is 29.8 Å². The molecule has 0 saturated heterocycles. The summed E-state index contributed by atoms with van der Waals surface area (Å²) in [6.07, 6.45) is 0. The molecule has 0 radical (unpaired) electrons. The number of nitrogens with one attached hydrogen (secondary N) is 1. The number of aryl methyl sites for hydroxylation is 1. The number of hydrogen-bond donors (Lipinski definition) is 1. The van der Waals surface area contributed by atoms with Gasteiger partial charge in [-0.2, -0.15) is 0 Å². The van der Waals surface area contributed by atoms with Crippen molar-refractivity contribution >= 4 is 27.5 Å². The summed E-state index contributed by atoms with van der Waals surface area (Å²) in [6.45, 7) is 7.20. The summed E-state index contributed by atoms with van der Waals surface area (Å²) in [5, 5.41) is 2.82. The Morgan fingerprint density at radius 3 is 2.29 bits per heavy atom. The van der Waals surface area contributed by atoms with E-state index >= 15 is 0 Å². The standard InChI is InChI=1S/C30H34FN3O6S/c1-20(2)32-30(36)22(4)33(18-23-7-5-6-21(3)16-23)29(35)19-34(25-10-8-24(31)9-11-25)41(37,38)26-12-13-27-28(17-26)40-15-14-39-27/h5-13,16-17,20,22H,14-15,18-19H2,1-4H3,(H,32,36)/t22-/m0/s1. The number of halogens is 1. The van der Waals surface area contributed by atoms with Gasteiger partial charge < -0.3 is 19.7 Å². The van der Waals surface area contributed by atoms with Crippen LogP contribution in [0.2, 0.25) is 0 Å². The van der Waals surface area contributed by atoms with Crippen LogP contribution in [0.25, 0.3) is 0 Å². The minimum atomic E-state index is -4.35. The monoisotopic (exact) mass is 583 g/mol. The molecule has 0 fully saturated rings. The Hall–Kier alpha value is -4.12. The zero-order chi connectivity index (χ0) is 29.7. The van der Waals surface area contributed by atoms with Crippen LogP contribution in [0.15, 0.2) is 71.6 Å². The van der Waals surface area contributed by atoms with Crippen molar-refractivity contribution in [2.75, 3.05) is 24.1 Å².